The van der Waals surface area contributed by atoms with Crippen LogP contribution in [-0.2, 0) is 11.3 Å². The van der Waals surface area contributed by atoms with Gasteiger partial charge in [-0.05, 0) is 28.1 Å². The molecule has 0 aromatic carbocycles. The maximum absolute atomic E-state index is 8.47. The Kier molecular flexibility index (Phi) is 6.50. The maximum Gasteiger partial charge on any atom is 0.0698 e. The second-order valence-corrected chi connectivity index (χ2v) is 3.90. The number of rotatable bonds is 7. The molecule has 5 heteroatoms. The fourth-order valence-corrected chi connectivity index (χ4v) is 1.27. The van der Waals surface area contributed by atoms with E-state index in [-0.39, 0.29) is 6.61 Å². The number of hydrogen-bond donors (Lipinski definition) is 2. The fraction of sp³-hybridized carbons (Fsp3) is 0.500. The van der Waals surface area contributed by atoms with Gasteiger partial charge in [0.15, 0.2) is 0 Å². The standard InChI is InChI=1S/C10H15BrN2O2/c11-9-1-2-10(13-7-9)8-12-3-5-15-6-4-14/h1-2,7,12,14H,3-6,8H2. The molecule has 4 nitrogen and oxygen atoms in total. The first-order chi connectivity index (χ1) is 7.33. The van der Waals surface area contributed by atoms with Crippen LogP contribution in [0.3, 0.4) is 0 Å². The van der Waals surface area contributed by atoms with Crippen molar-refractivity contribution in [3.05, 3.63) is 28.5 Å². The van der Waals surface area contributed by atoms with Gasteiger partial charge in [-0.3, -0.25) is 4.98 Å². The summed E-state index contributed by atoms with van der Waals surface area (Å²) in [5, 5.41) is 11.7. The summed E-state index contributed by atoms with van der Waals surface area (Å²) >= 11 is 3.33. The molecule has 0 aliphatic carbocycles. The molecule has 0 aliphatic heterocycles. The number of nitrogens with zero attached hydrogens (tertiary/aromatic N) is 1. The number of aliphatic hydroxyl groups is 1. The Hall–Kier alpha value is -0.490. The average Bonchev–Trinajstić information content (AvgIpc) is 2.26. The van der Waals surface area contributed by atoms with Crippen LogP contribution in [0.2, 0.25) is 0 Å². The van der Waals surface area contributed by atoms with E-state index in [9.17, 15) is 0 Å². The summed E-state index contributed by atoms with van der Waals surface area (Å²) < 4.78 is 6.08. The first-order valence-electron chi connectivity index (χ1n) is 4.82. The van der Waals surface area contributed by atoms with E-state index in [0.717, 1.165) is 23.3 Å². The number of ether oxygens (including phenoxy) is 1. The summed E-state index contributed by atoms with van der Waals surface area (Å²) in [7, 11) is 0. The van der Waals surface area contributed by atoms with Crippen LogP contribution in [0.5, 0.6) is 0 Å². The largest absolute Gasteiger partial charge is 0.394 e. The molecular formula is C10H15BrN2O2. The van der Waals surface area contributed by atoms with Gasteiger partial charge in [-0.25, -0.2) is 0 Å². The van der Waals surface area contributed by atoms with Crippen molar-refractivity contribution < 1.29 is 9.84 Å². The fourth-order valence-electron chi connectivity index (χ4n) is 1.04. The highest BCUT2D eigenvalue weighted by molar-refractivity contribution is 9.10. The van der Waals surface area contributed by atoms with Crippen LogP contribution < -0.4 is 5.32 Å². The molecule has 0 saturated carbocycles. The minimum atomic E-state index is 0.0776. The molecule has 0 radical (unpaired) electrons. The zero-order valence-electron chi connectivity index (χ0n) is 8.45. The van der Waals surface area contributed by atoms with E-state index in [4.69, 9.17) is 9.84 Å². The molecule has 15 heavy (non-hydrogen) atoms. The molecule has 0 spiro atoms. The monoisotopic (exact) mass is 274 g/mol. The van der Waals surface area contributed by atoms with Gasteiger partial charge < -0.3 is 15.2 Å². The zero-order chi connectivity index (χ0) is 10.9. The molecular weight excluding hydrogens is 260 g/mol. The number of pyridine rings is 1. The first-order valence-corrected chi connectivity index (χ1v) is 5.62. The van der Waals surface area contributed by atoms with E-state index in [1.807, 2.05) is 12.1 Å². The Morgan fingerprint density at radius 1 is 1.40 bits per heavy atom. The Balaban J connectivity index is 2.07. The number of halogens is 1. The predicted octanol–water partition coefficient (Wildman–Crippen LogP) is 0.943. The Morgan fingerprint density at radius 3 is 2.93 bits per heavy atom. The van der Waals surface area contributed by atoms with E-state index in [0.29, 0.717) is 13.2 Å². The quantitative estimate of drug-likeness (QED) is 0.727. The minimum absolute atomic E-state index is 0.0776. The van der Waals surface area contributed by atoms with Gasteiger partial charge in [0.2, 0.25) is 0 Å². The number of nitrogens with one attached hydrogen (secondary N) is 1. The van der Waals surface area contributed by atoms with E-state index < -0.39 is 0 Å². The van der Waals surface area contributed by atoms with E-state index in [1.54, 1.807) is 6.20 Å². The molecule has 1 heterocycles. The molecule has 0 amide bonds. The molecule has 0 aliphatic rings. The molecule has 1 aromatic rings. The topological polar surface area (TPSA) is 54.4 Å². The van der Waals surface area contributed by atoms with Gasteiger partial charge in [-0.15, -0.1) is 0 Å². The van der Waals surface area contributed by atoms with Gasteiger partial charge in [0.1, 0.15) is 0 Å². The van der Waals surface area contributed by atoms with Crippen LogP contribution >= 0.6 is 15.9 Å². The summed E-state index contributed by atoms with van der Waals surface area (Å²) in [6.45, 7) is 2.58. The summed E-state index contributed by atoms with van der Waals surface area (Å²) in [6, 6.07) is 3.93. The van der Waals surface area contributed by atoms with Gasteiger partial charge >= 0.3 is 0 Å². The molecule has 1 aromatic heterocycles. The summed E-state index contributed by atoms with van der Waals surface area (Å²) in [5.41, 5.74) is 1.00. The Bertz CT molecular complexity index is 267. The van der Waals surface area contributed by atoms with Gasteiger partial charge in [0.25, 0.3) is 0 Å². The first kappa shape index (κ1) is 12.6. The van der Waals surface area contributed by atoms with Gasteiger partial charge in [-0.1, -0.05) is 0 Å². The highest BCUT2D eigenvalue weighted by atomic mass is 79.9. The number of aliphatic hydroxyl groups excluding tert-OH is 1. The van der Waals surface area contributed by atoms with Crippen LogP contribution in [0.1, 0.15) is 5.69 Å². The maximum atomic E-state index is 8.47. The number of aromatic nitrogens is 1. The third-order valence-corrected chi connectivity index (χ3v) is 2.22. The van der Waals surface area contributed by atoms with Gasteiger partial charge in [0.05, 0.1) is 25.5 Å². The SMILES string of the molecule is OCCOCCNCc1ccc(Br)cn1. The van der Waals surface area contributed by atoms with Crippen molar-refractivity contribution in [1.82, 2.24) is 10.3 Å². The minimum Gasteiger partial charge on any atom is -0.394 e. The van der Waals surface area contributed by atoms with Crippen LogP contribution in [0.4, 0.5) is 0 Å². The zero-order valence-corrected chi connectivity index (χ0v) is 10.0. The average molecular weight is 275 g/mol. The molecule has 0 bridgehead atoms. The van der Waals surface area contributed by atoms with Crippen molar-refractivity contribution in [1.29, 1.82) is 0 Å². The molecule has 0 fully saturated rings. The smallest absolute Gasteiger partial charge is 0.0698 e. The second-order valence-electron chi connectivity index (χ2n) is 2.98. The van der Waals surface area contributed by atoms with Crippen LogP contribution in [0, 0.1) is 0 Å². The van der Waals surface area contributed by atoms with Crippen molar-refractivity contribution in [2.75, 3.05) is 26.4 Å². The molecule has 84 valence electrons. The van der Waals surface area contributed by atoms with E-state index in [2.05, 4.69) is 26.2 Å². The second kappa shape index (κ2) is 7.76. The third kappa shape index (κ3) is 5.84. The van der Waals surface area contributed by atoms with Gasteiger partial charge in [0, 0.05) is 23.8 Å². The summed E-state index contributed by atoms with van der Waals surface area (Å²) in [6.07, 6.45) is 1.78. The third-order valence-electron chi connectivity index (χ3n) is 1.75. The van der Waals surface area contributed by atoms with E-state index >= 15 is 0 Å². The lowest BCUT2D eigenvalue weighted by atomic mass is 10.3. The Labute approximate surface area is 97.8 Å². The van der Waals surface area contributed by atoms with Crippen molar-refractivity contribution in [3.8, 4) is 0 Å². The van der Waals surface area contributed by atoms with Crippen molar-refractivity contribution in [3.63, 3.8) is 0 Å². The van der Waals surface area contributed by atoms with Crippen LogP contribution in [0.25, 0.3) is 0 Å². The van der Waals surface area contributed by atoms with Gasteiger partial charge in [-0.2, -0.15) is 0 Å². The normalized spacial score (nSPS) is 10.5. The van der Waals surface area contributed by atoms with Crippen molar-refractivity contribution >= 4 is 15.9 Å². The van der Waals surface area contributed by atoms with Crippen LogP contribution in [-0.4, -0.2) is 36.5 Å². The molecule has 2 N–H and O–H groups in total. The number of hydrogen-bond acceptors (Lipinski definition) is 4. The van der Waals surface area contributed by atoms with Crippen molar-refractivity contribution in [2.24, 2.45) is 0 Å². The highest BCUT2D eigenvalue weighted by Gasteiger charge is 1.94. The van der Waals surface area contributed by atoms with Crippen LogP contribution in [0.15, 0.2) is 22.8 Å². The molecule has 0 saturated heterocycles. The Morgan fingerprint density at radius 2 is 2.27 bits per heavy atom. The predicted molar refractivity (Wildman–Crippen MR) is 61.5 cm³/mol. The lowest BCUT2D eigenvalue weighted by molar-refractivity contribution is 0.0937. The molecule has 0 atom stereocenters. The summed E-state index contributed by atoms with van der Waals surface area (Å²) in [5.74, 6) is 0. The summed E-state index contributed by atoms with van der Waals surface area (Å²) in [4.78, 5) is 4.22. The molecule has 1 rings (SSSR count). The van der Waals surface area contributed by atoms with E-state index in [1.165, 1.54) is 0 Å². The molecule has 0 unspecified atom stereocenters. The highest BCUT2D eigenvalue weighted by Crippen LogP contribution is 2.06. The lowest BCUT2D eigenvalue weighted by Crippen LogP contribution is -2.20. The van der Waals surface area contributed by atoms with Crippen molar-refractivity contribution in [2.45, 2.75) is 6.54 Å². The lowest BCUT2D eigenvalue weighted by Gasteiger charge is -2.04.